The van der Waals surface area contributed by atoms with Gasteiger partial charge in [0.1, 0.15) is 23.1 Å². The van der Waals surface area contributed by atoms with Crippen LogP contribution in [0.15, 0.2) is 0 Å². The molecule has 0 fully saturated rings. The minimum Gasteiger partial charge on any atom is -0.300 e. The van der Waals surface area contributed by atoms with Crippen LogP contribution in [-0.2, 0) is 19.2 Å². The van der Waals surface area contributed by atoms with Crippen molar-refractivity contribution in [3.8, 4) is 0 Å². The van der Waals surface area contributed by atoms with Crippen LogP contribution >= 0.6 is 13.5 Å². The summed E-state index contributed by atoms with van der Waals surface area (Å²) < 4.78 is 0. The third-order valence-corrected chi connectivity index (χ3v) is 0.996. The summed E-state index contributed by atoms with van der Waals surface area (Å²) in [6.45, 7) is 5.62. The first kappa shape index (κ1) is 19.6. The van der Waals surface area contributed by atoms with Gasteiger partial charge in [0.05, 0.1) is 12.8 Å². The first-order chi connectivity index (χ1) is 6.25. The van der Waals surface area contributed by atoms with Gasteiger partial charge in [-0.25, -0.2) is 0 Å². The lowest BCUT2D eigenvalue weighted by atomic mass is 10.2. The summed E-state index contributed by atoms with van der Waals surface area (Å²) in [5, 5.41) is 0. The molecule has 0 aromatic heterocycles. The summed E-state index contributed by atoms with van der Waals surface area (Å²) in [5.41, 5.74) is 0. The normalized spacial score (nSPS) is 7.73. The first-order valence-electron chi connectivity index (χ1n) is 4.23. The molecular weight excluding hydrogens is 216 g/mol. The topological polar surface area (TPSA) is 68.3 Å². The van der Waals surface area contributed by atoms with Gasteiger partial charge in [-0.2, -0.15) is 13.5 Å². The molecule has 0 aromatic rings. The number of hydrogen-bond acceptors (Lipinski definition) is 4. The molecule has 0 saturated carbocycles. The lowest BCUT2D eigenvalue weighted by Crippen LogP contribution is -1.97. The molecule has 0 aliphatic heterocycles. The quantitative estimate of drug-likeness (QED) is 0.686. The number of carbonyl (C=O) groups excluding carboxylic acids is 4. The highest BCUT2D eigenvalue weighted by atomic mass is 32.1. The maximum absolute atomic E-state index is 10.0. The summed E-state index contributed by atoms with van der Waals surface area (Å²) in [5.74, 6) is -0.250. The van der Waals surface area contributed by atoms with Gasteiger partial charge in [-0.05, 0) is 27.7 Å². The maximum Gasteiger partial charge on any atom is 0.137 e. The fraction of sp³-hybridized carbons (Fsp3) is 0.600. The van der Waals surface area contributed by atoms with Gasteiger partial charge in [-0.3, -0.25) is 19.2 Å². The molecule has 0 aromatic carbocycles. The van der Waals surface area contributed by atoms with Crippen molar-refractivity contribution in [2.45, 2.75) is 40.5 Å². The van der Waals surface area contributed by atoms with Crippen molar-refractivity contribution >= 4 is 36.6 Å². The second kappa shape index (κ2) is 11.1. The molecule has 4 nitrogen and oxygen atoms in total. The fourth-order valence-corrected chi connectivity index (χ4v) is 0.701. The number of rotatable bonds is 4. The van der Waals surface area contributed by atoms with Gasteiger partial charge in [-0.1, -0.05) is 0 Å². The molecule has 0 aliphatic rings. The summed E-state index contributed by atoms with van der Waals surface area (Å²) in [6.07, 6.45) is 0.167. The Labute approximate surface area is 96.9 Å². The van der Waals surface area contributed by atoms with Crippen LogP contribution in [0.25, 0.3) is 0 Å². The third-order valence-electron chi connectivity index (χ3n) is 0.996. The Kier molecular flexibility index (Phi) is 14.5. The van der Waals surface area contributed by atoms with Crippen molar-refractivity contribution in [2.75, 3.05) is 0 Å². The molecule has 0 amide bonds. The van der Waals surface area contributed by atoms with Gasteiger partial charge in [0, 0.05) is 0 Å². The zero-order valence-electron chi connectivity index (χ0n) is 9.55. The van der Waals surface area contributed by atoms with E-state index in [1.54, 1.807) is 0 Å². The standard InChI is InChI=1S/2C5H8O2.H2S/c2*1-4(6)3-5(2)7;/h2*3H2,1-2H3;1H2. The highest BCUT2D eigenvalue weighted by Gasteiger charge is 1.95. The van der Waals surface area contributed by atoms with Crippen LogP contribution in [0.1, 0.15) is 40.5 Å². The molecule has 5 heteroatoms. The van der Waals surface area contributed by atoms with E-state index in [9.17, 15) is 19.2 Å². The molecule has 0 saturated heterocycles. The van der Waals surface area contributed by atoms with Gasteiger partial charge in [0.2, 0.25) is 0 Å². The summed E-state index contributed by atoms with van der Waals surface area (Å²) in [6, 6.07) is 0. The van der Waals surface area contributed by atoms with E-state index in [1.165, 1.54) is 27.7 Å². The molecule has 0 N–H and O–H groups in total. The van der Waals surface area contributed by atoms with Crippen molar-refractivity contribution in [3.05, 3.63) is 0 Å². The van der Waals surface area contributed by atoms with E-state index in [0.717, 1.165) is 0 Å². The van der Waals surface area contributed by atoms with Crippen LogP contribution < -0.4 is 0 Å². The molecule has 0 radical (unpaired) electrons. The second-order valence-electron chi connectivity index (χ2n) is 3.16. The van der Waals surface area contributed by atoms with E-state index >= 15 is 0 Å². The zero-order chi connectivity index (χ0) is 11.7. The maximum atomic E-state index is 10.0. The Morgan fingerprint density at radius 1 is 0.600 bits per heavy atom. The minimum absolute atomic E-state index is 0. The predicted molar refractivity (Wildman–Crippen MR) is 62.3 cm³/mol. The summed E-state index contributed by atoms with van der Waals surface area (Å²) in [7, 11) is 0. The van der Waals surface area contributed by atoms with E-state index in [2.05, 4.69) is 0 Å². The lowest BCUT2D eigenvalue weighted by Gasteiger charge is -1.81. The number of hydrogen-bond donors (Lipinski definition) is 0. The molecule has 88 valence electrons. The van der Waals surface area contributed by atoms with Crippen molar-refractivity contribution in [1.82, 2.24) is 0 Å². The smallest absolute Gasteiger partial charge is 0.137 e. The van der Waals surface area contributed by atoms with Gasteiger partial charge >= 0.3 is 0 Å². The number of ketones is 4. The molecule has 15 heavy (non-hydrogen) atoms. The molecule has 0 spiro atoms. The zero-order valence-corrected chi connectivity index (χ0v) is 10.5. The van der Waals surface area contributed by atoms with E-state index in [4.69, 9.17) is 0 Å². The lowest BCUT2D eigenvalue weighted by molar-refractivity contribution is -0.126. The Balaban J connectivity index is -0.000000180. The fourth-order valence-electron chi connectivity index (χ4n) is 0.701. The molecule has 0 heterocycles. The van der Waals surface area contributed by atoms with Crippen LogP contribution in [0.4, 0.5) is 0 Å². The van der Waals surface area contributed by atoms with Crippen LogP contribution in [0.2, 0.25) is 0 Å². The van der Waals surface area contributed by atoms with Crippen molar-refractivity contribution in [2.24, 2.45) is 0 Å². The predicted octanol–water partition coefficient (Wildman–Crippen LogP) is 1.22. The summed E-state index contributed by atoms with van der Waals surface area (Å²) in [4.78, 5) is 40.1. The molecular formula is C10H18O4S. The summed E-state index contributed by atoms with van der Waals surface area (Å²) >= 11 is 0. The van der Waals surface area contributed by atoms with E-state index < -0.39 is 0 Å². The van der Waals surface area contributed by atoms with Crippen molar-refractivity contribution in [1.29, 1.82) is 0 Å². The Bertz CT molecular complexity index is 196. The number of carbonyl (C=O) groups is 4. The largest absolute Gasteiger partial charge is 0.300 e. The number of Topliss-reactive ketones (excluding diaryl/α,β-unsaturated/α-hetero) is 4. The van der Waals surface area contributed by atoms with Crippen LogP contribution in [-0.4, -0.2) is 23.1 Å². The third kappa shape index (κ3) is 32.1. The van der Waals surface area contributed by atoms with Gasteiger partial charge < -0.3 is 0 Å². The van der Waals surface area contributed by atoms with Gasteiger partial charge in [-0.15, -0.1) is 0 Å². The van der Waals surface area contributed by atoms with Crippen molar-refractivity contribution in [3.63, 3.8) is 0 Å². The second-order valence-corrected chi connectivity index (χ2v) is 3.16. The SMILES string of the molecule is CC(=O)CC(C)=O.CC(=O)CC(C)=O.S. The first-order valence-corrected chi connectivity index (χ1v) is 4.23. The van der Waals surface area contributed by atoms with Gasteiger partial charge in [0.25, 0.3) is 0 Å². The minimum atomic E-state index is -0.0625. The molecule has 0 rings (SSSR count). The monoisotopic (exact) mass is 234 g/mol. The van der Waals surface area contributed by atoms with Gasteiger partial charge in [0.15, 0.2) is 0 Å². The molecule has 0 aliphatic carbocycles. The average molecular weight is 234 g/mol. The Morgan fingerprint density at radius 3 is 0.733 bits per heavy atom. The van der Waals surface area contributed by atoms with Crippen molar-refractivity contribution < 1.29 is 19.2 Å². The van der Waals surface area contributed by atoms with Crippen LogP contribution in [0.5, 0.6) is 0 Å². The Hall–Kier alpha value is -0.970. The highest BCUT2D eigenvalue weighted by molar-refractivity contribution is 7.59. The molecule has 0 unspecified atom stereocenters. The van der Waals surface area contributed by atoms with E-state index in [-0.39, 0.29) is 49.5 Å². The highest BCUT2D eigenvalue weighted by Crippen LogP contribution is 1.80. The molecule has 0 bridgehead atoms. The Morgan fingerprint density at radius 2 is 0.733 bits per heavy atom. The average Bonchev–Trinajstić information content (AvgIpc) is 1.79. The van der Waals surface area contributed by atoms with Crippen LogP contribution in [0.3, 0.4) is 0 Å². The van der Waals surface area contributed by atoms with E-state index in [1.807, 2.05) is 0 Å². The molecule has 0 atom stereocenters. The van der Waals surface area contributed by atoms with Crippen LogP contribution in [0, 0.1) is 0 Å². The van der Waals surface area contributed by atoms with E-state index in [0.29, 0.717) is 0 Å².